The first-order chi connectivity index (χ1) is 12.9. The van der Waals surface area contributed by atoms with Crippen molar-refractivity contribution in [2.45, 2.75) is 6.54 Å². The number of thiazole rings is 1. The number of hydrogen-bond acceptors (Lipinski definition) is 6. The number of aryl methyl sites for hydroxylation is 1. The number of benzene rings is 1. The molecule has 4 rings (SSSR count). The number of hydrogen-bond donors (Lipinski definition) is 1. The largest absolute Gasteiger partial charge is 0.332 e. The number of nitrogens with one attached hydrogen (secondary N) is 1. The van der Waals surface area contributed by atoms with Crippen molar-refractivity contribution in [1.82, 2.24) is 23.7 Å². The van der Waals surface area contributed by atoms with E-state index in [0.29, 0.717) is 4.70 Å². The summed E-state index contributed by atoms with van der Waals surface area (Å²) in [5, 5.41) is 2.85. The van der Waals surface area contributed by atoms with Crippen molar-refractivity contribution in [3.8, 4) is 0 Å². The molecule has 0 aliphatic rings. The Morgan fingerprint density at radius 2 is 2.04 bits per heavy atom. The summed E-state index contributed by atoms with van der Waals surface area (Å²) < 4.78 is 17.9. The van der Waals surface area contributed by atoms with Crippen molar-refractivity contribution in [3.05, 3.63) is 51.2 Å². The third-order valence-electron chi connectivity index (χ3n) is 4.15. The molecule has 0 unspecified atom stereocenters. The number of rotatable bonds is 3. The zero-order valence-electron chi connectivity index (χ0n) is 14.3. The van der Waals surface area contributed by atoms with E-state index in [2.05, 4.69) is 15.3 Å². The van der Waals surface area contributed by atoms with E-state index in [9.17, 15) is 18.8 Å². The third-order valence-corrected chi connectivity index (χ3v) is 5.08. The fraction of sp³-hybridized carbons (Fsp3) is 0.188. The van der Waals surface area contributed by atoms with Crippen LogP contribution in [0.4, 0.5) is 9.52 Å². The van der Waals surface area contributed by atoms with E-state index in [1.807, 2.05) is 0 Å². The molecule has 1 aromatic carbocycles. The minimum absolute atomic E-state index is 0.144. The second kappa shape index (κ2) is 6.13. The Morgan fingerprint density at radius 3 is 2.78 bits per heavy atom. The summed E-state index contributed by atoms with van der Waals surface area (Å²) in [5.41, 5.74) is -0.517. The van der Waals surface area contributed by atoms with Gasteiger partial charge in [-0.1, -0.05) is 17.4 Å². The van der Waals surface area contributed by atoms with Crippen molar-refractivity contribution < 1.29 is 9.18 Å². The van der Waals surface area contributed by atoms with Crippen LogP contribution in [0, 0.1) is 5.82 Å². The van der Waals surface area contributed by atoms with Crippen LogP contribution < -0.4 is 16.6 Å². The predicted molar refractivity (Wildman–Crippen MR) is 98.4 cm³/mol. The van der Waals surface area contributed by atoms with Gasteiger partial charge in [0, 0.05) is 14.1 Å². The van der Waals surface area contributed by atoms with Crippen molar-refractivity contribution in [2.75, 3.05) is 5.32 Å². The molecule has 0 bridgehead atoms. The molecule has 1 amide bonds. The van der Waals surface area contributed by atoms with Gasteiger partial charge in [0.2, 0.25) is 5.91 Å². The van der Waals surface area contributed by atoms with Gasteiger partial charge in [-0.3, -0.25) is 18.7 Å². The number of carbonyl (C=O) groups excluding carboxylic acids is 1. The van der Waals surface area contributed by atoms with Crippen molar-refractivity contribution >= 4 is 43.8 Å². The van der Waals surface area contributed by atoms with Gasteiger partial charge in [-0.05, 0) is 12.1 Å². The smallest absolute Gasteiger partial charge is 0.315 e. The van der Waals surface area contributed by atoms with Crippen LogP contribution in [0.5, 0.6) is 0 Å². The number of nitrogens with zero attached hydrogens (tertiary/aromatic N) is 5. The Balaban J connectivity index is 1.66. The van der Waals surface area contributed by atoms with E-state index >= 15 is 0 Å². The maximum atomic E-state index is 13.7. The first kappa shape index (κ1) is 17.1. The summed E-state index contributed by atoms with van der Waals surface area (Å²) in [6.07, 6.45) is 1.32. The molecule has 4 aromatic rings. The lowest BCUT2D eigenvalue weighted by molar-refractivity contribution is -0.116. The molecule has 0 aliphatic carbocycles. The number of imidazole rings is 1. The Kier molecular flexibility index (Phi) is 3.88. The number of carbonyl (C=O) groups is 1. The van der Waals surface area contributed by atoms with Crippen molar-refractivity contribution in [3.63, 3.8) is 0 Å². The Morgan fingerprint density at radius 1 is 1.26 bits per heavy atom. The molecule has 27 heavy (non-hydrogen) atoms. The molecule has 138 valence electrons. The SMILES string of the molecule is Cn1c(=O)c2c(ncn2CC(=O)Nc2nc3c(F)cccc3s2)n(C)c1=O. The Bertz CT molecular complexity index is 1330. The monoisotopic (exact) mass is 388 g/mol. The fourth-order valence-corrected chi connectivity index (χ4v) is 3.70. The summed E-state index contributed by atoms with van der Waals surface area (Å²) in [6, 6.07) is 4.57. The van der Waals surface area contributed by atoms with Gasteiger partial charge in [-0.2, -0.15) is 0 Å². The highest BCUT2D eigenvalue weighted by atomic mass is 32.1. The van der Waals surface area contributed by atoms with Crippen LogP contribution in [0.25, 0.3) is 21.4 Å². The first-order valence-corrected chi connectivity index (χ1v) is 8.64. The zero-order valence-corrected chi connectivity index (χ0v) is 15.1. The highest BCUT2D eigenvalue weighted by Crippen LogP contribution is 2.27. The van der Waals surface area contributed by atoms with Gasteiger partial charge in [-0.15, -0.1) is 0 Å². The zero-order chi connectivity index (χ0) is 19.3. The van der Waals surface area contributed by atoms with Gasteiger partial charge in [0.15, 0.2) is 16.3 Å². The molecule has 0 atom stereocenters. The molecular weight excluding hydrogens is 375 g/mol. The molecular formula is C16H13FN6O3S. The lowest BCUT2D eigenvalue weighted by Gasteiger charge is -2.06. The molecule has 0 spiro atoms. The van der Waals surface area contributed by atoms with Crippen LogP contribution in [0.3, 0.4) is 0 Å². The molecule has 0 fully saturated rings. The number of fused-ring (bicyclic) bond motifs is 2. The second-order valence-corrected chi connectivity index (χ2v) is 6.93. The molecule has 0 saturated carbocycles. The van der Waals surface area contributed by atoms with Crippen LogP contribution in [-0.4, -0.2) is 29.6 Å². The fourth-order valence-electron chi connectivity index (χ4n) is 2.80. The number of halogens is 1. The molecule has 1 N–H and O–H groups in total. The standard InChI is InChI=1S/C16H13FN6O3S/c1-21-13-12(14(25)22(2)16(21)26)23(7-18-13)6-10(24)19-15-20-11-8(17)4-3-5-9(11)27-15/h3-5,7H,6H2,1-2H3,(H,19,20,24). The maximum Gasteiger partial charge on any atom is 0.332 e. The summed E-state index contributed by atoms with van der Waals surface area (Å²) in [7, 11) is 2.86. The molecule has 0 aliphatic heterocycles. The molecule has 0 saturated heterocycles. The van der Waals surface area contributed by atoms with Crippen molar-refractivity contribution in [1.29, 1.82) is 0 Å². The van der Waals surface area contributed by atoms with E-state index in [0.717, 1.165) is 15.9 Å². The van der Waals surface area contributed by atoms with Crippen LogP contribution >= 0.6 is 11.3 Å². The predicted octanol–water partition coefficient (Wildman–Crippen LogP) is 0.821. The topological polar surface area (TPSA) is 104 Å². The maximum absolute atomic E-state index is 13.7. The number of anilines is 1. The second-order valence-electron chi connectivity index (χ2n) is 5.90. The number of amides is 1. The van der Waals surface area contributed by atoms with Crippen LogP contribution in [0.1, 0.15) is 0 Å². The lowest BCUT2D eigenvalue weighted by Crippen LogP contribution is -2.37. The average molecular weight is 388 g/mol. The van der Waals surface area contributed by atoms with Gasteiger partial charge in [0.1, 0.15) is 17.9 Å². The van der Waals surface area contributed by atoms with E-state index in [-0.39, 0.29) is 28.4 Å². The molecule has 3 aromatic heterocycles. The van der Waals surface area contributed by atoms with Crippen LogP contribution in [0.2, 0.25) is 0 Å². The normalized spacial score (nSPS) is 11.4. The molecule has 3 heterocycles. The minimum Gasteiger partial charge on any atom is -0.315 e. The van der Waals surface area contributed by atoms with Gasteiger partial charge < -0.3 is 9.88 Å². The first-order valence-electron chi connectivity index (χ1n) is 7.82. The quantitative estimate of drug-likeness (QED) is 0.560. The minimum atomic E-state index is -0.541. The van der Waals surface area contributed by atoms with Crippen LogP contribution in [-0.2, 0) is 25.4 Å². The summed E-state index contributed by atoms with van der Waals surface area (Å²) in [6.45, 7) is -0.206. The highest BCUT2D eigenvalue weighted by Gasteiger charge is 2.17. The summed E-state index contributed by atoms with van der Waals surface area (Å²) in [5.74, 6) is -0.918. The summed E-state index contributed by atoms with van der Waals surface area (Å²) in [4.78, 5) is 44.8. The van der Waals surface area contributed by atoms with Gasteiger partial charge in [0.25, 0.3) is 5.56 Å². The Labute approximate surface area is 154 Å². The van der Waals surface area contributed by atoms with E-state index in [1.165, 1.54) is 35.6 Å². The number of para-hydroxylation sites is 1. The van der Waals surface area contributed by atoms with E-state index < -0.39 is 23.0 Å². The van der Waals surface area contributed by atoms with Crippen molar-refractivity contribution in [2.24, 2.45) is 14.1 Å². The van der Waals surface area contributed by atoms with Gasteiger partial charge in [0.05, 0.1) is 11.0 Å². The number of aromatic nitrogens is 5. The average Bonchev–Trinajstić information content (AvgIpc) is 3.23. The van der Waals surface area contributed by atoms with E-state index in [1.54, 1.807) is 12.1 Å². The lowest BCUT2D eigenvalue weighted by atomic mass is 10.3. The van der Waals surface area contributed by atoms with Gasteiger partial charge >= 0.3 is 5.69 Å². The Hall–Kier alpha value is -3.34. The molecule has 11 heteroatoms. The molecule has 9 nitrogen and oxygen atoms in total. The van der Waals surface area contributed by atoms with E-state index in [4.69, 9.17) is 0 Å². The highest BCUT2D eigenvalue weighted by molar-refractivity contribution is 7.22. The third kappa shape index (κ3) is 2.72. The van der Waals surface area contributed by atoms with Gasteiger partial charge in [-0.25, -0.2) is 19.2 Å². The summed E-state index contributed by atoms with van der Waals surface area (Å²) >= 11 is 1.15. The molecule has 0 radical (unpaired) electrons. The van der Waals surface area contributed by atoms with Crippen LogP contribution in [0.15, 0.2) is 34.1 Å².